The van der Waals surface area contributed by atoms with Crippen molar-refractivity contribution in [2.45, 2.75) is 13.8 Å². The third-order valence-electron chi connectivity index (χ3n) is 6.14. The van der Waals surface area contributed by atoms with Crippen LogP contribution in [0.1, 0.15) is 71.9 Å². The Bertz CT molecular complexity index is 1470. The first-order valence-electron chi connectivity index (χ1n) is 12.3. The van der Waals surface area contributed by atoms with Crippen LogP contribution in [0.5, 0.6) is 0 Å². The highest BCUT2D eigenvalue weighted by atomic mass is 32.1. The standard InChI is InChI=1S/C28H30N4O8S2/c1-13-17(27(37)39-7)23(41-19(13)25(35)31(3)4)29-21(33)15-9-11-16(12-10-15)22(34)30-24-18(28(38)40-8)14(2)20(42-24)26(36)32(5)6/h9-12H,1-8H3,(H,29,33)(H,30,34). The predicted molar refractivity (Wildman–Crippen MR) is 159 cm³/mol. The monoisotopic (exact) mass is 614 g/mol. The van der Waals surface area contributed by atoms with Gasteiger partial charge in [0, 0.05) is 39.3 Å². The van der Waals surface area contributed by atoms with Gasteiger partial charge in [-0.3, -0.25) is 19.2 Å². The molecule has 0 unspecified atom stereocenters. The van der Waals surface area contributed by atoms with Gasteiger partial charge in [-0.25, -0.2) is 9.59 Å². The second kappa shape index (κ2) is 13.0. The third kappa shape index (κ3) is 6.34. The summed E-state index contributed by atoms with van der Waals surface area (Å²) in [7, 11) is 8.71. The number of rotatable bonds is 8. The van der Waals surface area contributed by atoms with E-state index in [1.807, 2.05) is 0 Å². The maximum atomic E-state index is 13.0. The van der Waals surface area contributed by atoms with E-state index in [1.165, 1.54) is 48.3 Å². The van der Waals surface area contributed by atoms with Crippen molar-refractivity contribution in [2.75, 3.05) is 53.0 Å². The highest BCUT2D eigenvalue weighted by Crippen LogP contribution is 2.36. The van der Waals surface area contributed by atoms with Crippen LogP contribution in [0.3, 0.4) is 0 Å². The van der Waals surface area contributed by atoms with Gasteiger partial charge in [0.25, 0.3) is 23.6 Å². The molecule has 0 spiro atoms. The average molecular weight is 615 g/mol. The first-order valence-corrected chi connectivity index (χ1v) is 14.0. The second-order valence-corrected chi connectivity index (χ2v) is 11.4. The van der Waals surface area contributed by atoms with Crippen LogP contribution in [0.4, 0.5) is 10.0 Å². The Morgan fingerprint density at radius 1 is 0.619 bits per heavy atom. The van der Waals surface area contributed by atoms with E-state index in [1.54, 1.807) is 42.0 Å². The molecule has 0 saturated heterocycles. The summed E-state index contributed by atoms with van der Waals surface area (Å²) in [6.07, 6.45) is 0. The van der Waals surface area contributed by atoms with E-state index in [2.05, 4.69) is 10.6 Å². The lowest BCUT2D eigenvalue weighted by atomic mass is 10.1. The summed E-state index contributed by atoms with van der Waals surface area (Å²) in [5.74, 6) is -3.21. The number of carbonyl (C=O) groups is 6. The molecule has 0 aliphatic rings. The molecule has 0 aliphatic carbocycles. The maximum absolute atomic E-state index is 13.0. The summed E-state index contributed by atoms with van der Waals surface area (Å²) in [4.78, 5) is 79.4. The summed E-state index contributed by atoms with van der Waals surface area (Å²) in [6.45, 7) is 3.20. The number of nitrogens with one attached hydrogen (secondary N) is 2. The molecule has 4 amide bonds. The molecule has 0 radical (unpaired) electrons. The van der Waals surface area contributed by atoms with Crippen molar-refractivity contribution in [1.29, 1.82) is 0 Å². The number of nitrogens with zero attached hydrogens (tertiary/aromatic N) is 2. The molecule has 0 fully saturated rings. The van der Waals surface area contributed by atoms with Gasteiger partial charge >= 0.3 is 11.9 Å². The highest BCUT2D eigenvalue weighted by Gasteiger charge is 2.29. The van der Waals surface area contributed by atoms with Crippen LogP contribution >= 0.6 is 22.7 Å². The average Bonchev–Trinajstić information content (AvgIpc) is 3.46. The first-order chi connectivity index (χ1) is 19.7. The number of hydrogen-bond acceptors (Lipinski definition) is 10. The van der Waals surface area contributed by atoms with Gasteiger partial charge in [-0.1, -0.05) is 0 Å². The predicted octanol–water partition coefficient (Wildman–Crippen LogP) is 3.91. The van der Waals surface area contributed by atoms with Gasteiger partial charge in [-0.15, -0.1) is 22.7 Å². The van der Waals surface area contributed by atoms with Gasteiger partial charge in [-0.2, -0.15) is 0 Å². The zero-order chi connectivity index (χ0) is 31.5. The summed E-state index contributed by atoms with van der Waals surface area (Å²) in [5, 5.41) is 5.64. The quantitative estimate of drug-likeness (QED) is 0.363. The SMILES string of the molecule is COC(=O)c1c(NC(=O)c2ccc(C(=O)Nc3sc(C(=O)N(C)C)c(C)c3C(=O)OC)cc2)sc(C(=O)N(C)C)c1C. The van der Waals surface area contributed by atoms with Gasteiger partial charge in [0.05, 0.1) is 35.1 Å². The molecule has 222 valence electrons. The van der Waals surface area contributed by atoms with Crippen molar-refractivity contribution in [1.82, 2.24) is 9.80 Å². The van der Waals surface area contributed by atoms with Gasteiger partial charge in [-0.05, 0) is 49.2 Å². The molecule has 0 bridgehead atoms. The Balaban J connectivity index is 1.86. The van der Waals surface area contributed by atoms with E-state index in [4.69, 9.17) is 9.47 Å². The minimum Gasteiger partial charge on any atom is -0.465 e. The Morgan fingerprint density at radius 2 is 0.929 bits per heavy atom. The molecule has 3 aromatic rings. The molecular weight excluding hydrogens is 584 g/mol. The summed E-state index contributed by atoms with van der Waals surface area (Å²) in [5.41, 5.74) is 1.29. The number of amides is 4. The zero-order valence-corrected chi connectivity index (χ0v) is 25.9. The van der Waals surface area contributed by atoms with E-state index >= 15 is 0 Å². The van der Waals surface area contributed by atoms with Gasteiger partial charge in [0.15, 0.2) is 0 Å². The van der Waals surface area contributed by atoms with Crippen molar-refractivity contribution >= 4 is 68.2 Å². The molecule has 2 heterocycles. The second-order valence-electron chi connectivity index (χ2n) is 9.39. The summed E-state index contributed by atoms with van der Waals surface area (Å²) in [6, 6.07) is 5.65. The Hall–Kier alpha value is -4.56. The van der Waals surface area contributed by atoms with Crippen LogP contribution in [0.25, 0.3) is 0 Å². The molecule has 2 aromatic heterocycles. The Morgan fingerprint density at radius 3 is 1.19 bits per heavy atom. The molecular formula is C28H30N4O8S2. The maximum Gasteiger partial charge on any atom is 0.341 e. The largest absolute Gasteiger partial charge is 0.465 e. The fourth-order valence-electron chi connectivity index (χ4n) is 3.84. The molecule has 0 aliphatic heterocycles. The zero-order valence-electron chi connectivity index (χ0n) is 24.3. The van der Waals surface area contributed by atoms with Gasteiger partial charge in [0.1, 0.15) is 10.0 Å². The lowest BCUT2D eigenvalue weighted by Gasteiger charge is -2.08. The minimum absolute atomic E-state index is 0.0804. The number of esters is 2. The lowest BCUT2D eigenvalue weighted by Crippen LogP contribution is -2.21. The van der Waals surface area contributed by atoms with Crippen LogP contribution in [0.2, 0.25) is 0 Å². The number of anilines is 2. The van der Waals surface area contributed by atoms with Crippen LogP contribution in [0.15, 0.2) is 24.3 Å². The van der Waals surface area contributed by atoms with Gasteiger partial charge in [0.2, 0.25) is 0 Å². The van der Waals surface area contributed by atoms with Crippen molar-refractivity contribution < 1.29 is 38.2 Å². The number of benzene rings is 1. The van der Waals surface area contributed by atoms with Crippen molar-refractivity contribution in [2.24, 2.45) is 0 Å². The molecule has 14 heteroatoms. The van der Waals surface area contributed by atoms with Crippen LogP contribution < -0.4 is 10.6 Å². The Kier molecular flexibility index (Phi) is 9.86. The molecule has 12 nitrogen and oxygen atoms in total. The molecule has 0 atom stereocenters. The van der Waals surface area contributed by atoms with E-state index in [0.29, 0.717) is 11.1 Å². The highest BCUT2D eigenvalue weighted by molar-refractivity contribution is 7.19. The minimum atomic E-state index is -0.700. The fraction of sp³-hybridized carbons (Fsp3) is 0.286. The van der Waals surface area contributed by atoms with Crippen molar-refractivity contribution in [3.8, 4) is 0 Å². The van der Waals surface area contributed by atoms with Crippen LogP contribution in [0, 0.1) is 13.8 Å². The normalized spacial score (nSPS) is 10.5. The van der Waals surface area contributed by atoms with Crippen molar-refractivity contribution in [3.05, 3.63) is 67.4 Å². The molecule has 2 N–H and O–H groups in total. The summed E-state index contributed by atoms with van der Waals surface area (Å²) >= 11 is 1.92. The third-order valence-corrected chi connectivity index (χ3v) is 8.53. The fourth-order valence-corrected chi connectivity index (χ4v) is 6.26. The van der Waals surface area contributed by atoms with Crippen LogP contribution in [-0.2, 0) is 9.47 Å². The lowest BCUT2D eigenvalue weighted by molar-refractivity contribution is 0.0592. The molecule has 3 rings (SSSR count). The number of methoxy groups -OCH3 is 2. The van der Waals surface area contributed by atoms with E-state index in [-0.39, 0.29) is 53.8 Å². The molecule has 0 saturated carbocycles. The smallest absolute Gasteiger partial charge is 0.341 e. The van der Waals surface area contributed by atoms with E-state index < -0.39 is 23.8 Å². The van der Waals surface area contributed by atoms with E-state index in [9.17, 15) is 28.8 Å². The summed E-state index contributed by atoms with van der Waals surface area (Å²) < 4.78 is 9.70. The van der Waals surface area contributed by atoms with Crippen molar-refractivity contribution in [3.63, 3.8) is 0 Å². The topological polar surface area (TPSA) is 151 Å². The van der Waals surface area contributed by atoms with Gasteiger partial charge < -0.3 is 29.9 Å². The number of carbonyl (C=O) groups excluding carboxylic acids is 6. The van der Waals surface area contributed by atoms with Crippen LogP contribution in [-0.4, -0.2) is 87.8 Å². The number of ether oxygens (including phenoxy) is 2. The first kappa shape index (κ1) is 32.0. The number of hydrogen-bond donors (Lipinski definition) is 2. The molecule has 1 aromatic carbocycles. The number of thiophene rings is 2. The molecule has 42 heavy (non-hydrogen) atoms. The Labute approximate surface area is 250 Å². The van der Waals surface area contributed by atoms with E-state index in [0.717, 1.165) is 22.7 Å².